The van der Waals surface area contributed by atoms with Gasteiger partial charge in [-0.15, -0.1) is 0 Å². The molecule has 1 N–H and O–H groups in total. The lowest BCUT2D eigenvalue weighted by Gasteiger charge is -2.32. The molecule has 0 saturated carbocycles. The minimum absolute atomic E-state index is 0.0284. The van der Waals surface area contributed by atoms with Crippen molar-refractivity contribution in [1.82, 2.24) is 20.2 Å². The molecule has 0 spiro atoms. The van der Waals surface area contributed by atoms with Crippen molar-refractivity contribution >= 4 is 11.8 Å². The normalized spacial score (nSPS) is 16.3. The minimum atomic E-state index is -0.0790. The van der Waals surface area contributed by atoms with Crippen LogP contribution in [0, 0.1) is 12.8 Å². The first-order chi connectivity index (χ1) is 14.0. The summed E-state index contributed by atoms with van der Waals surface area (Å²) in [5, 5.41) is 2.96. The van der Waals surface area contributed by atoms with Crippen molar-refractivity contribution in [3.63, 3.8) is 0 Å². The second kappa shape index (κ2) is 10.0. The van der Waals surface area contributed by atoms with Crippen LogP contribution in [0.25, 0.3) is 0 Å². The topological polar surface area (TPSA) is 84.4 Å². The Morgan fingerprint density at radius 2 is 2.14 bits per heavy atom. The van der Waals surface area contributed by atoms with Gasteiger partial charge in [0.25, 0.3) is 5.91 Å². The number of likely N-dealkylation sites (tertiary alicyclic amines) is 1. The van der Waals surface area contributed by atoms with Gasteiger partial charge in [0.05, 0.1) is 19.0 Å². The third-order valence-electron chi connectivity index (χ3n) is 5.21. The maximum Gasteiger partial charge on any atom is 0.274 e. The highest BCUT2D eigenvalue weighted by atomic mass is 16.5. The fourth-order valence-electron chi connectivity index (χ4n) is 3.56. The van der Waals surface area contributed by atoms with E-state index in [9.17, 15) is 9.59 Å². The molecule has 7 heteroatoms. The predicted molar refractivity (Wildman–Crippen MR) is 109 cm³/mol. The molecule has 7 nitrogen and oxygen atoms in total. The van der Waals surface area contributed by atoms with Crippen LogP contribution in [0.15, 0.2) is 36.7 Å². The molecule has 29 heavy (non-hydrogen) atoms. The van der Waals surface area contributed by atoms with Gasteiger partial charge in [0.15, 0.2) is 0 Å². The van der Waals surface area contributed by atoms with Gasteiger partial charge in [-0.3, -0.25) is 14.6 Å². The predicted octanol–water partition coefficient (Wildman–Crippen LogP) is 2.74. The van der Waals surface area contributed by atoms with Crippen molar-refractivity contribution in [2.24, 2.45) is 5.92 Å². The van der Waals surface area contributed by atoms with E-state index in [0.717, 1.165) is 42.8 Å². The average molecular weight is 396 g/mol. The average Bonchev–Trinajstić information content (AvgIpc) is 2.76. The third kappa shape index (κ3) is 6.01. The molecule has 0 aliphatic carbocycles. The number of nitrogens with one attached hydrogen (secondary N) is 1. The highest BCUT2D eigenvalue weighted by Crippen LogP contribution is 2.22. The summed E-state index contributed by atoms with van der Waals surface area (Å²) in [6.45, 7) is 3.72. The molecule has 1 aromatic carbocycles. The Morgan fingerprint density at radius 3 is 2.90 bits per heavy atom. The van der Waals surface area contributed by atoms with E-state index in [4.69, 9.17) is 4.74 Å². The van der Waals surface area contributed by atoms with Gasteiger partial charge in [-0.05, 0) is 49.8 Å². The van der Waals surface area contributed by atoms with Gasteiger partial charge in [0.2, 0.25) is 5.91 Å². The largest absolute Gasteiger partial charge is 0.497 e. The van der Waals surface area contributed by atoms with Crippen molar-refractivity contribution < 1.29 is 14.3 Å². The first-order valence-corrected chi connectivity index (χ1v) is 10.0. The number of carbonyl (C=O) groups excluding carboxylic acids is 2. The fraction of sp³-hybridized carbons (Fsp3) is 0.455. The monoisotopic (exact) mass is 396 g/mol. The molecule has 1 atom stereocenters. The van der Waals surface area contributed by atoms with Crippen molar-refractivity contribution in [3.8, 4) is 5.75 Å². The lowest BCUT2D eigenvalue weighted by molar-refractivity contribution is -0.121. The van der Waals surface area contributed by atoms with E-state index in [1.165, 1.54) is 6.20 Å². The number of hydrogen-bond acceptors (Lipinski definition) is 5. The number of hydrogen-bond donors (Lipinski definition) is 1. The number of aromatic nitrogens is 2. The van der Waals surface area contributed by atoms with E-state index in [1.54, 1.807) is 13.3 Å². The maximum atomic E-state index is 12.6. The van der Waals surface area contributed by atoms with Crippen molar-refractivity contribution in [2.75, 3.05) is 20.2 Å². The molecule has 0 bridgehead atoms. The van der Waals surface area contributed by atoms with Crippen LogP contribution >= 0.6 is 0 Å². The highest BCUT2D eigenvalue weighted by molar-refractivity contribution is 5.92. The number of benzene rings is 1. The number of nitrogens with zero attached hydrogens (tertiary/aromatic N) is 3. The Balaban J connectivity index is 1.44. The van der Waals surface area contributed by atoms with Crippen molar-refractivity contribution in [3.05, 3.63) is 53.6 Å². The van der Waals surface area contributed by atoms with Crippen LogP contribution in [0.1, 0.15) is 47.4 Å². The van der Waals surface area contributed by atoms with Gasteiger partial charge >= 0.3 is 0 Å². The molecular weight excluding hydrogens is 368 g/mol. The SMILES string of the molecule is COc1cccc(CNC(=O)CC[C@H]2CCCN(C(=O)c3cnc(C)cn3)C2)c1. The lowest BCUT2D eigenvalue weighted by atomic mass is 9.93. The first-order valence-electron chi connectivity index (χ1n) is 10.0. The van der Waals surface area contributed by atoms with E-state index in [-0.39, 0.29) is 11.8 Å². The summed E-state index contributed by atoms with van der Waals surface area (Å²) in [5.74, 6) is 1.06. The minimum Gasteiger partial charge on any atom is -0.497 e. The van der Waals surface area contributed by atoms with Crippen LogP contribution in [-0.2, 0) is 11.3 Å². The maximum absolute atomic E-state index is 12.6. The molecule has 154 valence electrons. The van der Waals surface area contributed by atoms with Crippen molar-refractivity contribution in [2.45, 2.75) is 39.2 Å². The molecule has 2 aromatic rings. The molecule has 2 heterocycles. The zero-order chi connectivity index (χ0) is 20.6. The van der Waals surface area contributed by atoms with Crippen LogP contribution in [0.5, 0.6) is 5.75 Å². The van der Waals surface area contributed by atoms with Crippen LogP contribution < -0.4 is 10.1 Å². The van der Waals surface area contributed by atoms with E-state index in [2.05, 4.69) is 15.3 Å². The molecule has 1 saturated heterocycles. The summed E-state index contributed by atoms with van der Waals surface area (Å²) < 4.78 is 5.20. The molecule has 0 radical (unpaired) electrons. The highest BCUT2D eigenvalue weighted by Gasteiger charge is 2.25. The second-order valence-electron chi connectivity index (χ2n) is 7.47. The summed E-state index contributed by atoms with van der Waals surface area (Å²) in [6, 6.07) is 7.66. The van der Waals surface area contributed by atoms with Gasteiger partial charge in [-0.2, -0.15) is 0 Å². The lowest BCUT2D eigenvalue weighted by Crippen LogP contribution is -2.40. The van der Waals surface area contributed by atoms with E-state index in [1.807, 2.05) is 36.1 Å². The van der Waals surface area contributed by atoms with Gasteiger partial charge < -0.3 is 15.0 Å². The molecular formula is C22H28N4O3. The molecule has 1 aromatic heterocycles. The Morgan fingerprint density at radius 1 is 1.28 bits per heavy atom. The van der Waals surface area contributed by atoms with Crippen LogP contribution in [0.2, 0.25) is 0 Å². The summed E-state index contributed by atoms with van der Waals surface area (Å²) in [7, 11) is 1.63. The van der Waals surface area contributed by atoms with Gasteiger partial charge in [-0.1, -0.05) is 12.1 Å². The zero-order valence-electron chi connectivity index (χ0n) is 17.1. The van der Waals surface area contributed by atoms with Crippen LogP contribution in [-0.4, -0.2) is 46.9 Å². The Kier molecular flexibility index (Phi) is 7.16. The zero-order valence-corrected chi connectivity index (χ0v) is 17.1. The van der Waals surface area contributed by atoms with Crippen molar-refractivity contribution in [1.29, 1.82) is 0 Å². The number of amides is 2. The first kappa shape index (κ1) is 20.8. The molecule has 1 aliphatic rings. The summed E-state index contributed by atoms with van der Waals surface area (Å²) >= 11 is 0. The number of carbonyl (C=O) groups is 2. The van der Waals surface area contributed by atoms with E-state index in [0.29, 0.717) is 31.1 Å². The quantitative estimate of drug-likeness (QED) is 0.778. The Labute approximate surface area is 171 Å². The van der Waals surface area contributed by atoms with Gasteiger partial charge in [-0.25, -0.2) is 4.98 Å². The Hall–Kier alpha value is -2.96. The van der Waals surface area contributed by atoms with E-state index < -0.39 is 0 Å². The van der Waals surface area contributed by atoms with Gasteiger partial charge in [0, 0.05) is 32.3 Å². The second-order valence-corrected chi connectivity index (χ2v) is 7.47. The number of methoxy groups -OCH3 is 1. The number of rotatable bonds is 7. The van der Waals surface area contributed by atoms with Crippen LogP contribution in [0.3, 0.4) is 0 Å². The summed E-state index contributed by atoms with van der Waals surface area (Å²) in [5.41, 5.74) is 2.18. The summed E-state index contributed by atoms with van der Waals surface area (Å²) in [4.78, 5) is 35.1. The van der Waals surface area contributed by atoms with Crippen LogP contribution in [0.4, 0.5) is 0 Å². The number of piperidine rings is 1. The smallest absolute Gasteiger partial charge is 0.274 e. The number of ether oxygens (including phenoxy) is 1. The third-order valence-corrected chi connectivity index (χ3v) is 5.21. The molecule has 0 unspecified atom stereocenters. The number of aryl methyl sites for hydroxylation is 1. The Bertz CT molecular complexity index is 838. The molecule has 3 rings (SSSR count). The summed E-state index contributed by atoms with van der Waals surface area (Å²) in [6.07, 6.45) is 6.36. The molecule has 1 fully saturated rings. The molecule has 1 aliphatic heterocycles. The van der Waals surface area contributed by atoms with E-state index >= 15 is 0 Å². The van der Waals surface area contributed by atoms with Gasteiger partial charge in [0.1, 0.15) is 11.4 Å². The molecule has 2 amide bonds. The standard InChI is InChI=1S/C22H28N4O3/c1-16-12-24-20(14-23-16)22(28)26-10-4-6-17(15-26)8-9-21(27)25-13-18-5-3-7-19(11-18)29-2/h3,5,7,11-12,14,17H,4,6,8-10,13,15H2,1-2H3,(H,25,27)/t17-/m1/s1. The fourth-order valence-corrected chi connectivity index (χ4v) is 3.56.